The van der Waals surface area contributed by atoms with Crippen LogP contribution in [-0.2, 0) is 12.4 Å². The number of anilines is 1. The summed E-state index contributed by atoms with van der Waals surface area (Å²) >= 11 is 0. The first-order valence-electron chi connectivity index (χ1n) is 7.64. The van der Waals surface area contributed by atoms with Gasteiger partial charge in [-0.3, -0.25) is 9.78 Å². The zero-order valence-corrected chi connectivity index (χ0v) is 13.7. The van der Waals surface area contributed by atoms with Crippen molar-refractivity contribution in [1.29, 1.82) is 0 Å². The Bertz CT molecular complexity index is 1030. The van der Waals surface area contributed by atoms with E-state index < -0.39 is 40.8 Å². The van der Waals surface area contributed by atoms with Gasteiger partial charge in [0.15, 0.2) is 5.75 Å². The third-order valence-corrected chi connectivity index (χ3v) is 3.84. The Morgan fingerprint density at radius 2 is 1.47 bits per heavy atom. The molecule has 2 N–H and O–H groups in total. The number of pyridine rings is 1. The summed E-state index contributed by atoms with van der Waals surface area (Å²) in [5, 5.41) is 12.6. The topological polar surface area (TPSA) is 62.2 Å². The van der Waals surface area contributed by atoms with Crippen LogP contribution < -0.4 is 5.32 Å². The number of rotatable bonds is 2. The van der Waals surface area contributed by atoms with Crippen LogP contribution >= 0.6 is 0 Å². The van der Waals surface area contributed by atoms with Gasteiger partial charge in [-0.05, 0) is 30.3 Å². The molecule has 1 amide bonds. The zero-order chi connectivity index (χ0) is 20.7. The SMILES string of the molecule is C.C.O=C(Nc1cc(C(F)(F)F)cc(C(F)(F)F)c1)c1ccc2cccnc2c1O. The number of fused-ring (bicyclic) bond motifs is 1. The number of benzene rings is 2. The molecule has 0 unspecified atom stereocenters. The number of phenols is 1. The fourth-order valence-corrected chi connectivity index (χ4v) is 2.54. The van der Waals surface area contributed by atoms with E-state index in [0.717, 1.165) is 0 Å². The molecule has 3 aromatic rings. The summed E-state index contributed by atoms with van der Waals surface area (Å²) < 4.78 is 77.4. The summed E-state index contributed by atoms with van der Waals surface area (Å²) in [7, 11) is 0. The Balaban J connectivity index is 0.00000225. The van der Waals surface area contributed by atoms with Crippen LogP contribution in [0, 0.1) is 0 Å². The summed E-state index contributed by atoms with van der Waals surface area (Å²) in [5.41, 5.74) is -4.14. The number of halogens is 6. The Labute approximate surface area is 168 Å². The van der Waals surface area contributed by atoms with E-state index in [-0.39, 0.29) is 32.0 Å². The molecule has 0 radical (unpaired) electrons. The summed E-state index contributed by atoms with van der Waals surface area (Å²) in [5.74, 6) is -1.63. The molecule has 1 aromatic heterocycles. The number of hydrogen-bond donors (Lipinski definition) is 2. The molecule has 30 heavy (non-hydrogen) atoms. The fourth-order valence-electron chi connectivity index (χ4n) is 2.54. The van der Waals surface area contributed by atoms with Gasteiger partial charge < -0.3 is 10.4 Å². The number of nitrogens with one attached hydrogen (secondary N) is 1. The van der Waals surface area contributed by atoms with E-state index in [2.05, 4.69) is 4.98 Å². The number of carbonyl (C=O) groups excluding carboxylic acids is 1. The first kappa shape index (κ1) is 24.7. The highest BCUT2D eigenvalue weighted by atomic mass is 19.4. The summed E-state index contributed by atoms with van der Waals surface area (Å²) in [4.78, 5) is 16.2. The molecular formula is C20H18F6N2O2. The molecule has 0 aliphatic carbocycles. The van der Waals surface area contributed by atoms with Gasteiger partial charge in [-0.2, -0.15) is 26.3 Å². The largest absolute Gasteiger partial charge is 0.505 e. The predicted molar refractivity (Wildman–Crippen MR) is 101 cm³/mol. The van der Waals surface area contributed by atoms with Gasteiger partial charge in [0, 0.05) is 17.3 Å². The van der Waals surface area contributed by atoms with Gasteiger partial charge in [-0.25, -0.2) is 0 Å². The van der Waals surface area contributed by atoms with Crippen molar-refractivity contribution in [3.05, 3.63) is 65.4 Å². The van der Waals surface area contributed by atoms with Crippen LogP contribution in [0.5, 0.6) is 5.75 Å². The van der Waals surface area contributed by atoms with E-state index in [1.807, 2.05) is 5.32 Å². The van der Waals surface area contributed by atoms with Crippen LogP contribution in [0.1, 0.15) is 36.3 Å². The smallest absolute Gasteiger partial charge is 0.416 e. The molecule has 0 aliphatic rings. The Hall–Kier alpha value is -3.30. The molecule has 0 saturated heterocycles. The van der Waals surface area contributed by atoms with E-state index in [4.69, 9.17) is 0 Å². The lowest BCUT2D eigenvalue weighted by Crippen LogP contribution is -2.16. The normalized spacial score (nSPS) is 11.4. The number of alkyl halides is 6. The molecule has 0 bridgehead atoms. The molecule has 4 nitrogen and oxygen atoms in total. The van der Waals surface area contributed by atoms with Crippen LogP contribution in [0.2, 0.25) is 0 Å². The minimum atomic E-state index is -5.05. The summed E-state index contributed by atoms with van der Waals surface area (Å²) in [6.07, 6.45) is -8.74. The Morgan fingerprint density at radius 1 is 0.900 bits per heavy atom. The molecule has 0 fully saturated rings. The lowest BCUT2D eigenvalue weighted by molar-refractivity contribution is -0.143. The summed E-state index contributed by atoms with van der Waals surface area (Å²) in [6.45, 7) is 0. The third-order valence-electron chi connectivity index (χ3n) is 3.84. The fraction of sp³-hybridized carbons (Fsp3) is 0.200. The molecule has 0 spiro atoms. The second-order valence-electron chi connectivity index (χ2n) is 5.79. The minimum absolute atomic E-state index is 0. The van der Waals surface area contributed by atoms with Gasteiger partial charge >= 0.3 is 12.4 Å². The van der Waals surface area contributed by atoms with Gasteiger partial charge in [0.25, 0.3) is 5.91 Å². The van der Waals surface area contributed by atoms with Gasteiger partial charge in [-0.15, -0.1) is 0 Å². The van der Waals surface area contributed by atoms with Crippen molar-refractivity contribution >= 4 is 22.5 Å². The second-order valence-corrected chi connectivity index (χ2v) is 5.79. The highest BCUT2D eigenvalue weighted by Crippen LogP contribution is 2.38. The van der Waals surface area contributed by atoms with E-state index >= 15 is 0 Å². The molecule has 3 rings (SSSR count). The third kappa shape index (κ3) is 5.00. The average molecular weight is 432 g/mol. The molecule has 1 heterocycles. The molecule has 10 heteroatoms. The van der Waals surface area contributed by atoms with Gasteiger partial charge in [0.1, 0.15) is 5.52 Å². The highest BCUT2D eigenvalue weighted by molar-refractivity contribution is 6.09. The van der Waals surface area contributed by atoms with E-state index in [1.54, 1.807) is 12.1 Å². The monoisotopic (exact) mass is 432 g/mol. The van der Waals surface area contributed by atoms with Crippen LogP contribution in [0.4, 0.5) is 32.0 Å². The first-order chi connectivity index (χ1) is 13.0. The molecule has 2 aromatic carbocycles. The van der Waals surface area contributed by atoms with Crippen molar-refractivity contribution in [2.45, 2.75) is 27.2 Å². The predicted octanol–water partition coefficient (Wildman–Crippen LogP) is 6.50. The number of aromatic hydroxyl groups is 1. The average Bonchev–Trinajstić information content (AvgIpc) is 2.60. The second kappa shape index (κ2) is 8.60. The van der Waals surface area contributed by atoms with Crippen LogP contribution in [0.15, 0.2) is 48.7 Å². The van der Waals surface area contributed by atoms with Gasteiger partial charge in [0.2, 0.25) is 0 Å². The Morgan fingerprint density at radius 3 is 2.00 bits per heavy atom. The lowest BCUT2D eigenvalue weighted by Gasteiger charge is -2.15. The van der Waals surface area contributed by atoms with E-state index in [9.17, 15) is 36.2 Å². The van der Waals surface area contributed by atoms with Crippen molar-refractivity contribution in [3.8, 4) is 5.75 Å². The molecule has 162 valence electrons. The van der Waals surface area contributed by atoms with E-state index in [1.165, 1.54) is 18.3 Å². The minimum Gasteiger partial charge on any atom is -0.505 e. The Kier molecular flexibility index (Phi) is 7.09. The van der Waals surface area contributed by atoms with Gasteiger partial charge in [-0.1, -0.05) is 27.0 Å². The molecule has 0 saturated carbocycles. The van der Waals surface area contributed by atoms with Crippen molar-refractivity contribution in [2.75, 3.05) is 5.32 Å². The van der Waals surface area contributed by atoms with Crippen molar-refractivity contribution in [3.63, 3.8) is 0 Å². The zero-order valence-electron chi connectivity index (χ0n) is 13.7. The van der Waals surface area contributed by atoms with Crippen molar-refractivity contribution in [2.24, 2.45) is 0 Å². The van der Waals surface area contributed by atoms with Gasteiger partial charge in [0.05, 0.1) is 16.7 Å². The maximum absolute atomic E-state index is 12.9. The van der Waals surface area contributed by atoms with Crippen molar-refractivity contribution < 1.29 is 36.2 Å². The lowest BCUT2D eigenvalue weighted by atomic mass is 10.1. The summed E-state index contributed by atoms with van der Waals surface area (Å²) in [6, 6.07) is 6.52. The maximum atomic E-state index is 12.9. The van der Waals surface area contributed by atoms with Crippen molar-refractivity contribution in [1.82, 2.24) is 4.98 Å². The first-order valence-corrected chi connectivity index (χ1v) is 7.64. The number of carbonyl (C=O) groups is 1. The number of aromatic nitrogens is 1. The number of nitrogens with zero attached hydrogens (tertiary/aromatic N) is 1. The van der Waals surface area contributed by atoms with Crippen LogP contribution in [-0.4, -0.2) is 16.0 Å². The van der Waals surface area contributed by atoms with E-state index in [0.29, 0.717) is 17.5 Å². The molecule has 0 atom stereocenters. The molecule has 0 aliphatic heterocycles. The van der Waals surface area contributed by atoms with Crippen LogP contribution in [0.3, 0.4) is 0 Å². The quantitative estimate of drug-likeness (QED) is 0.454. The number of amides is 1. The highest BCUT2D eigenvalue weighted by Gasteiger charge is 2.37. The molecular weight excluding hydrogens is 414 g/mol. The number of hydrogen-bond acceptors (Lipinski definition) is 3. The maximum Gasteiger partial charge on any atom is 0.416 e. The standard InChI is InChI=1S/C18H10F6N2O2.2CH4/c19-17(20,21)10-6-11(18(22,23)24)8-12(7-10)26-16(28)13-4-3-9-2-1-5-25-14(9)15(13)27;;/h1-8,27H,(H,26,28);2*1H4. The number of phenolic OH excluding ortho intramolecular Hbond substituents is 1. The van der Waals surface area contributed by atoms with Crippen LogP contribution in [0.25, 0.3) is 10.9 Å².